The molecule has 0 radical (unpaired) electrons. The molecular formula is C16H24N2OS. The van der Waals surface area contributed by atoms with Crippen LogP contribution < -0.4 is 5.32 Å². The molecule has 1 fully saturated rings. The van der Waals surface area contributed by atoms with Gasteiger partial charge in [-0.2, -0.15) is 0 Å². The molecule has 0 bridgehead atoms. The molecule has 0 saturated carbocycles. The number of Topliss-reactive ketones (excluding diaryl/α,β-unsaturated/α-hetero) is 1. The van der Waals surface area contributed by atoms with E-state index in [1.807, 2.05) is 19.1 Å². The second-order valence-corrected chi connectivity index (χ2v) is 6.61. The van der Waals surface area contributed by atoms with Crippen LogP contribution in [0.4, 0.5) is 0 Å². The fourth-order valence-corrected chi connectivity index (χ4v) is 3.19. The summed E-state index contributed by atoms with van der Waals surface area (Å²) in [4.78, 5) is 16.0. The predicted molar refractivity (Wildman–Crippen MR) is 85.6 cm³/mol. The van der Waals surface area contributed by atoms with E-state index in [9.17, 15) is 4.79 Å². The van der Waals surface area contributed by atoms with Gasteiger partial charge in [-0.25, -0.2) is 0 Å². The number of carbonyl (C=O) groups is 1. The summed E-state index contributed by atoms with van der Waals surface area (Å²) in [5.74, 6) is 1.39. The molecule has 1 aromatic carbocycles. The molecular weight excluding hydrogens is 268 g/mol. The number of nitrogens with zero attached hydrogens (tertiary/aromatic N) is 1. The van der Waals surface area contributed by atoms with Gasteiger partial charge >= 0.3 is 0 Å². The van der Waals surface area contributed by atoms with Gasteiger partial charge in [-0.3, -0.25) is 4.79 Å². The number of rotatable bonds is 6. The maximum Gasteiger partial charge on any atom is 0.166 e. The van der Waals surface area contributed by atoms with E-state index in [4.69, 9.17) is 0 Å². The topological polar surface area (TPSA) is 32.3 Å². The summed E-state index contributed by atoms with van der Waals surface area (Å²) in [5.41, 5.74) is 0.841. The zero-order valence-corrected chi connectivity index (χ0v) is 13.2. The summed E-state index contributed by atoms with van der Waals surface area (Å²) in [6, 6.07) is 8.04. The standard InChI is InChI=1S/C16H24N2OS/c1-3-20-15-6-4-14(5-7-15)16(19)13(2)12-18-10-8-17-9-11-18/h4-7,13,17H,3,8-12H2,1-2H3. The lowest BCUT2D eigenvalue weighted by Crippen LogP contribution is -2.45. The predicted octanol–water partition coefficient (Wildman–Crippen LogP) is 2.52. The van der Waals surface area contributed by atoms with Gasteiger partial charge in [0.25, 0.3) is 0 Å². The van der Waals surface area contributed by atoms with Crippen LogP contribution in [0, 0.1) is 5.92 Å². The van der Waals surface area contributed by atoms with Crippen LogP contribution >= 0.6 is 11.8 Å². The second-order valence-electron chi connectivity index (χ2n) is 5.27. The van der Waals surface area contributed by atoms with Crippen LogP contribution in [0.15, 0.2) is 29.2 Å². The highest BCUT2D eigenvalue weighted by atomic mass is 32.2. The Kier molecular flexibility index (Phi) is 6.07. The summed E-state index contributed by atoms with van der Waals surface area (Å²) in [5, 5.41) is 3.34. The lowest BCUT2D eigenvalue weighted by Gasteiger charge is -2.29. The van der Waals surface area contributed by atoms with Gasteiger partial charge in [-0.05, 0) is 17.9 Å². The molecule has 0 amide bonds. The van der Waals surface area contributed by atoms with Crippen molar-refractivity contribution in [3.05, 3.63) is 29.8 Å². The van der Waals surface area contributed by atoms with Crippen LogP contribution in [-0.2, 0) is 0 Å². The summed E-state index contributed by atoms with van der Waals surface area (Å²) in [6.07, 6.45) is 0. The molecule has 1 saturated heterocycles. The lowest BCUT2D eigenvalue weighted by molar-refractivity contribution is 0.0887. The zero-order valence-electron chi connectivity index (χ0n) is 12.4. The Labute approximate surface area is 126 Å². The van der Waals surface area contributed by atoms with Gasteiger partial charge in [0, 0.05) is 49.1 Å². The Morgan fingerprint density at radius 2 is 1.95 bits per heavy atom. The average Bonchev–Trinajstić information content (AvgIpc) is 2.48. The van der Waals surface area contributed by atoms with E-state index in [-0.39, 0.29) is 11.7 Å². The summed E-state index contributed by atoms with van der Waals surface area (Å²) in [7, 11) is 0. The van der Waals surface area contributed by atoms with Crippen LogP contribution in [0.5, 0.6) is 0 Å². The van der Waals surface area contributed by atoms with E-state index >= 15 is 0 Å². The molecule has 1 heterocycles. The van der Waals surface area contributed by atoms with E-state index in [1.54, 1.807) is 11.8 Å². The number of benzene rings is 1. The third-order valence-electron chi connectivity index (χ3n) is 3.64. The Hall–Kier alpha value is -0.840. The lowest BCUT2D eigenvalue weighted by atomic mass is 9.98. The summed E-state index contributed by atoms with van der Waals surface area (Å²) < 4.78 is 0. The summed E-state index contributed by atoms with van der Waals surface area (Å²) >= 11 is 1.81. The molecule has 20 heavy (non-hydrogen) atoms. The van der Waals surface area contributed by atoms with Crippen LogP contribution in [0.25, 0.3) is 0 Å². The molecule has 0 aliphatic carbocycles. The molecule has 1 atom stereocenters. The molecule has 1 aromatic rings. The molecule has 0 aromatic heterocycles. The minimum atomic E-state index is 0.0674. The van der Waals surface area contributed by atoms with Gasteiger partial charge in [0.05, 0.1) is 0 Å². The van der Waals surface area contributed by atoms with E-state index in [2.05, 4.69) is 29.3 Å². The van der Waals surface area contributed by atoms with Crippen molar-refractivity contribution >= 4 is 17.5 Å². The maximum absolute atomic E-state index is 12.4. The van der Waals surface area contributed by atoms with E-state index < -0.39 is 0 Å². The molecule has 2 rings (SSSR count). The monoisotopic (exact) mass is 292 g/mol. The highest BCUT2D eigenvalue weighted by Crippen LogP contribution is 2.19. The molecule has 1 unspecified atom stereocenters. The first-order chi connectivity index (χ1) is 9.70. The fourth-order valence-electron chi connectivity index (χ4n) is 2.53. The van der Waals surface area contributed by atoms with Crippen molar-refractivity contribution in [1.29, 1.82) is 0 Å². The fraction of sp³-hybridized carbons (Fsp3) is 0.562. The first-order valence-electron chi connectivity index (χ1n) is 7.41. The minimum Gasteiger partial charge on any atom is -0.314 e. The van der Waals surface area contributed by atoms with Crippen LogP contribution in [0.2, 0.25) is 0 Å². The van der Waals surface area contributed by atoms with E-state index in [0.717, 1.165) is 44.0 Å². The Morgan fingerprint density at radius 3 is 2.55 bits per heavy atom. The molecule has 4 heteroatoms. The van der Waals surface area contributed by atoms with Crippen molar-refractivity contribution in [3.8, 4) is 0 Å². The summed E-state index contributed by atoms with van der Waals surface area (Å²) in [6.45, 7) is 9.20. The third-order valence-corrected chi connectivity index (χ3v) is 4.53. The maximum atomic E-state index is 12.4. The first kappa shape index (κ1) is 15.5. The second kappa shape index (κ2) is 7.81. The van der Waals surface area contributed by atoms with Crippen molar-refractivity contribution in [3.63, 3.8) is 0 Å². The molecule has 1 aliphatic heterocycles. The van der Waals surface area contributed by atoms with Crippen molar-refractivity contribution in [2.24, 2.45) is 5.92 Å². The minimum absolute atomic E-state index is 0.0674. The number of thioether (sulfide) groups is 1. The first-order valence-corrected chi connectivity index (χ1v) is 8.39. The number of hydrogen-bond donors (Lipinski definition) is 1. The highest BCUT2D eigenvalue weighted by molar-refractivity contribution is 7.99. The van der Waals surface area contributed by atoms with Gasteiger partial charge in [-0.1, -0.05) is 26.0 Å². The highest BCUT2D eigenvalue weighted by Gasteiger charge is 2.19. The van der Waals surface area contributed by atoms with Gasteiger partial charge in [0.1, 0.15) is 0 Å². The largest absolute Gasteiger partial charge is 0.314 e. The Balaban J connectivity index is 1.91. The van der Waals surface area contributed by atoms with E-state index in [1.165, 1.54) is 4.90 Å². The molecule has 3 nitrogen and oxygen atoms in total. The van der Waals surface area contributed by atoms with Crippen molar-refractivity contribution in [2.45, 2.75) is 18.7 Å². The van der Waals surface area contributed by atoms with Crippen LogP contribution in [0.1, 0.15) is 24.2 Å². The normalized spacial score (nSPS) is 17.9. The van der Waals surface area contributed by atoms with Gasteiger partial charge in [0.2, 0.25) is 0 Å². The SMILES string of the molecule is CCSc1ccc(C(=O)C(C)CN2CCNCC2)cc1. The molecule has 0 spiro atoms. The Morgan fingerprint density at radius 1 is 1.30 bits per heavy atom. The number of carbonyl (C=O) groups excluding carboxylic acids is 1. The van der Waals surface area contributed by atoms with Crippen LogP contribution in [-0.4, -0.2) is 49.2 Å². The van der Waals surface area contributed by atoms with E-state index in [0.29, 0.717) is 0 Å². The molecule has 110 valence electrons. The van der Waals surface area contributed by atoms with Gasteiger partial charge < -0.3 is 10.2 Å². The number of nitrogens with one attached hydrogen (secondary N) is 1. The van der Waals surface area contributed by atoms with Crippen molar-refractivity contribution < 1.29 is 4.79 Å². The van der Waals surface area contributed by atoms with Gasteiger partial charge in [0.15, 0.2) is 5.78 Å². The number of piperazine rings is 1. The Bertz CT molecular complexity index is 427. The molecule has 1 aliphatic rings. The zero-order chi connectivity index (χ0) is 14.4. The number of hydrogen-bond acceptors (Lipinski definition) is 4. The van der Waals surface area contributed by atoms with Gasteiger partial charge in [-0.15, -0.1) is 11.8 Å². The third kappa shape index (κ3) is 4.33. The smallest absolute Gasteiger partial charge is 0.166 e. The van der Waals surface area contributed by atoms with Crippen molar-refractivity contribution in [1.82, 2.24) is 10.2 Å². The number of ketones is 1. The van der Waals surface area contributed by atoms with Crippen molar-refractivity contribution in [2.75, 3.05) is 38.5 Å². The average molecular weight is 292 g/mol. The van der Waals surface area contributed by atoms with Crippen LogP contribution in [0.3, 0.4) is 0 Å². The molecule has 1 N–H and O–H groups in total. The quantitative estimate of drug-likeness (QED) is 0.645.